The standard InChI is InChI=1S/C47H31N3O/c1-3-14-31(15-4-1)45-48-46(32-16-5-2-6-17-32)50-47(49-45)40-28-27-38(36-19-9-10-20-37(36)40)39-22-12-24-42-43(39)41-23-11-21-35(44(41)51-42)34-26-25-30-13-7-8-18-33(30)29-34/h1-24,27-29H,25-26H2. The third-order valence-corrected chi connectivity index (χ3v) is 10.1. The van der Waals surface area contributed by atoms with Gasteiger partial charge in [0, 0.05) is 33.0 Å². The molecule has 0 saturated carbocycles. The lowest BCUT2D eigenvalue weighted by atomic mass is 9.88. The summed E-state index contributed by atoms with van der Waals surface area (Å²) in [5.74, 6) is 1.94. The molecule has 0 atom stereocenters. The molecule has 0 spiro atoms. The molecule has 240 valence electrons. The van der Waals surface area contributed by atoms with E-state index < -0.39 is 0 Å². The molecule has 4 heteroatoms. The average molecular weight is 654 g/mol. The Morgan fingerprint density at radius 2 is 1.00 bits per heavy atom. The molecule has 0 fully saturated rings. The second kappa shape index (κ2) is 12.0. The second-order valence-corrected chi connectivity index (χ2v) is 13.1. The van der Waals surface area contributed by atoms with Crippen molar-refractivity contribution in [3.05, 3.63) is 174 Å². The molecule has 0 radical (unpaired) electrons. The second-order valence-electron chi connectivity index (χ2n) is 13.1. The Morgan fingerprint density at radius 1 is 0.412 bits per heavy atom. The summed E-state index contributed by atoms with van der Waals surface area (Å²) in [6.45, 7) is 0. The fourth-order valence-corrected chi connectivity index (χ4v) is 7.63. The molecule has 10 rings (SSSR count). The monoisotopic (exact) mass is 653 g/mol. The molecule has 1 aliphatic rings. The SMILES string of the molecule is C1=C(c2cccc3c2oc2cccc(-c4ccc(-c5nc(-c6ccccc6)nc(-c6ccccc6)n5)c5ccccc45)c23)CCc2ccccc21. The van der Waals surface area contributed by atoms with Gasteiger partial charge in [-0.1, -0.05) is 152 Å². The summed E-state index contributed by atoms with van der Waals surface area (Å²) >= 11 is 0. The van der Waals surface area contributed by atoms with E-state index in [-0.39, 0.29) is 0 Å². The number of nitrogens with zero attached hydrogens (tertiary/aromatic N) is 3. The van der Waals surface area contributed by atoms with Gasteiger partial charge in [0.15, 0.2) is 17.5 Å². The van der Waals surface area contributed by atoms with Gasteiger partial charge >= 0.3 is 0 Å². The smallest absolute Gasteiger partial charge is 0.164 e. The Hall–Kier alpha value is -6.65. The molecule has 51 heavy (non-hydrogen) atoms. The maximum absolute atomic E-state index is 6.73. The number of rotatable bonds is 5. The normalized spacial score (nSPS) is 12.7. The highest BCUT2D eigenvalue weighted by molar-refractivity contribution is 6.18. The number of furan rings is 1. The maximum atomic E-state index is 6.73. The summed E-state index contributed by atoms with van der Waals surface area (Å²) in [6.07, 6.45) is 4.35. The predicted octanol–water partition coefficient (Wildman–Crippen LogP) is 12.1. The Labute approximate surface area is 295 Å². The van der Waals surface area contributed by atoms with Crippen LogP contribution in [0.3, 0.4) is 0 Å². The van der Waals surface area contributed by atoms with E-state index in [1.807, 2.05) is 60.7 Å². The highest BCUT2D eigenvalue weighted by Crippen LogP contribution is 2.44. The topological polar surface area (TPSA) is 51.8 Å². The first-order valence-electron chi connectivity index (χ1n) is 17.4. The molecule has 0 unspecified atom stereocenters. The Kier molecular flexibility index (Phi) is 6.91. The number of fused-ring (bicyclic) bond motifs is 5. The van der Waals surface area contributed by atoms with Crippen molar-refractivity contribution in [2.24, 2.45) is 0 Å². The zero-order valence-electron chi connectivity index (χ0n) is 27.8. The van der Waals surface area contributed by atoms with Gasteiger partial charge in [-0.3, -0.25) is 0 Å². The molecule has 0 amide bonds. The van der Waals surface area contributed by atoms with Crippen LogP contribution < -0.4 is 0 Å². The Bertz CT molecular complexity index is 2740. The van der Waals surface area contributed by atoms with Crippen LogP contribution in [0.15, 0.2) is 162 Å². The lowest BCUT2D eigenvalue weighted by Gasteiger charge is -2.16. The lowest BCUT2D eigenvalue weighted by Crippen LogP contribution is -2.00. The predicted molar refractivity (Wildman–Crippen MR) is 209 cm³/mol. The van der Waals surface area contributed by atoms with Gasteiger partial charge in [-0.25, -0.2) is 15.0 Å². The number of para-hydroxylation sites is 1. The van der Waals surface area contributed by atoms with E-state index in [1.54, 1.807) is 0 Å². The minimum atomic E-state index is 0.643. The quantitative estimate of drug-likeness (QED) is 0.185. The van der Waals surface area contributed by atoms with Crippen LogP contribution in [0.4, 0.5) is 0 Å². The molecular weight excluding hydrogens is 623 g/mol. The van der Waals surface area contributed by atoms with Crippen LogP contribution in [0.25, 0.3) is 89.7 Å². The summed E-state index contributed by atoms with van der Waals surface area (Å²) in [6, 6.07) is 54.8. The Morgan fingerprint density at radius 3 is 1.76 bits per heavy atom. The molecular formula is C47H31N3O. The molecule has 1 aliphatic carbocycles. The van der Waals surface area contributed by atoms with Crippen LogP contribution in [0.5, 0.6) is 0 Å². The Balaban J connectivity index is 1.15. The maximum Gasteiger partial charge on any atom is 0.164 e. The summed E-state index contributed by atoms with van der Waals surface area (Å²) in [7, 11) is 0. The van der Waals surface area contributed by atoms with Crippen molar-refractivity contribution in [3.63, 3.8) is 0 Å². The van der Waals surface area contributed by atoms with Crippen LogP contribution >= 0.6 is 0 Å². The third kappa shape index (κ3) is 5.03. The van der Waals surface area contributed by atoms with E-state index in [1.165, 1.54) is 22.3 Å². The molecule has 0 N–H and O–H groups in total. The first-order chi connectivity index (χ1) is 25.3. The molecule has 0 saturated heterocycles. The molecule has 0 bridgehead atoms. The van der Waals surface area contributed by atoms with E-state index in [0.29, 0.717) is 17.5 Å². The summed E-state index contributed by atoms with van der Waals surface area (Å²) < 4.78 is 6.73. The van der Waals surface area contributed by atoms with Gasteiger partial charge in [0.05, 0.1) is 0 Å². The third-order valence-electron chi connectivity index (χ3n) is 10.1. The van der Waals surface area contributed by atoms with E-state index in [2.05, 4.69) is 103 Å². The van der Waals surface area contributed by atoms with E-state index in [9.17, 15) is 0 Å². The number of aryl methyl sites for hydroxylation is 1. The molecule has 2 heterocycles. The van der Waals surface area contributed by atoms with Gasteiger partial charge in [0.25, 0.3) is 0 Å². The fourth-order valence-electron chi connectivity index (χ4n) is 7.63. The van der Waals surface area contributed by atoms with Gasteiger partial charge in [-0.05, 0) is 63.6 Å². The zero-order chi connectivity index (χ0) is 33.7. The van der Waals surface area contributed by atoms with Gasteiger partial charge in [-0.15, -0.1) is 0 Å². The lowest BCUT2D eigenvalue weighted by molar-refractivity contribution is 0.667. The zero-order valence-corrected chi connectivity index (χ0v) is 27.8. The fraction of sp³-hybridized carbons (Fsp3) is 0.0426. The number of allylic oxidation sites excluding steroid dienone is 1. The van der Waals surface area contributed by atoms with E-state index >= 15 is 0 Å². The van der Waals surface area contributed by atoms with Crippen molar-refractivity contribution in [2.75, 3.05) is 0 Å². The van der Waals surface area contributed by atoms with Crippen LogP contribution in [0.1, 0.15) is 23.1 Å². The summed E-state index contributed by atoms with van der Waals surface area (Å²) in [5.41, 5.74) is 12.1. The average Bonchev–Trinajstić information content (AvgIpc) is 3.60. The van der Waals surface area contributed by atoms with Crippen molar-refractivity contribution in [1.29, 1.82) is 0 Å². The molecule has 2 aromatic heterocycles. The van der Waals surface area contributed by atoms with Crippen LogP contribution in [-0.2, 0) is 6.42 Å². The van der Waals surface area contributed by atoms with Crippen LogP contribution in [0.2, 0.25) is 0 Å². The molecule has 9 aromatic rings. The first kappa shape index (κ1) is 29.3. The molecule has 4 nitrogen and oxygen atoms in total. The van der Waals surface area contributed by atoms with Gasteiger partial charge in [0.2, 0.25) is 0 Å². The van der Waals surface area contributed by atoms with Gasteiger partial charge < -0.3 is 4.42 Å². The van der Waals surface area contributed by atoms with Crippen molar-refractivity contribution >= 4 is 44.4 Å². The minimum Gasteiger partial charge on any atom is -0.455 e. The van der Waals surface area contributed by atoms with E-state index in [4.69, 9.17) is 19.4 Å². The summed E-state index contributed by atoms with van der Waals surface area (Å²) in [4.78, 5) is 15.0. The summed E-state index contributed by atoms with van der Waals surface area (Å²) in [5, 5.41) is 4.46. The van der Waals surface area contributed by atoms with Crippen molar-refractivity contribution in [1.82, 2.24) is 15.0 Å². The van der Waals surface area contributed by atoms with Gasteiger partial charge in [-0.2, -0.15) is 0 Å². The number of hydrogen-bond donors (Lipinski definition) is 0. The van der Waals surface area contributed by atoms with Crippen LogP contribution in [0, 0.1) is 0 Å². The van der Waals surface area contributed by atoms with Crippen LogP contribution in [-0.4, -0.2) is 15.0 Å². The number of benzene rings is 7. The van der Waals surface area contributed by atoms with Crippen molar-refractivity contribution in [3.8, 4) is 45.3 Å². The number of aromatic nitrogens is 3. The van der Waals surface area contributed by atoms with Crippen molar-refractivity contribution < 1.29 is 4.42 Å². The first-order valence-corrected chi connectivity index (χ1v) is 17.4. The number of hydrogen-bond acceptors (Lipinski definition) is 4. The molecule has 7 aromatic carbocycles. The largest absolute Gasteiger partial charge is 0.455 e. The van der Waals surface area contributed by atoms with Crippen molar-refractivity contribution in [2.45, 2.75) is 12.8 Å². The minimum absolute atomic E-state index is 0.643. The van der Waals surface area contributed by atoms with Gasteiger partial charge in [0.1, 0.15) is 11.2 Å². The van der Waals surface area contributed by atoms with E-state index in [0.717, 1.165) is 73.4 Å². The molecule has 0 aliphatic heterocycles. The highest BCUT2D eigenvalue weighted by atomic mass is 16.3. The highest BCUT2D eigenvalue weighted by Gasteiger charge is 2.21.